The number of ether oxygens (including phenoxy) is 3. The number of hydrogen-bond donors (Lipinski definition) is 1. The number of methoxy groups -OCH3 is 1. The number of nitrogens with zero attached hydrogens (tertiary/aromatic N) is 2. The lowest BCUT2D eigenvalue weighted by Gasteiger charge is -2.45. The van der Waals surface area contributed by atoms with Crippen LogP contribution in [0.4, 0.5) is 9.59 Å². The number of hydrogen-bond acceptors (Lipinski definition) is 7. The highest BCUT2D eigenvalue weighted by molar-refractivity contribution is 5.91. The van der Waals surface area contributed by atoms with Crippen LogP contribution in [0.25, 0.3) is 0 Å². The number of alkyl carbamates (subject to hydrolysis) is 1. The number of nitrogens with one attached hydrogen (secondary N) is 1. The monoisotopic (exact) mass is 515 g/mol. The van der Waals surface area contributed by atoms with E-state index in [9.17, 15) is 19.2 Å². The van der Waals surface area contributed by atoms with Gasteiger partial charge in [0.25, 0.3) is 0 Å². The highest BCUT2D eigenvalue weighted by Gasteiger charge is 2.45. The van der Waals surface area contributed by atoms with Gasteiger partial charge in [-0.3, -0.25) is 4.79 Å². The molecule has 1 heterocycles. The Morgan fingerprint density at radius 1 is 1.11 bits per heavy atom. The van der Waals surface area contributed by atoms with Crippen molar-refractivity contribution in [2.75, 3.05) is 20.2 Å². The molecule has 3 unspecified atom stereocenters. The molecule has 0 saturated carbocycles. The van der Waals surface area contributed by atoms with E-state index in [2.05, 4.69) is 18.5 Å². The molecule has 10 heteroatoms. The van der Waals surface area contributed by atoms with Gasteiger partial charge in [0.15, 0.2) is 0 Å². The largest absolute Gasteiger partial charge is 0.467 e. The van der Waals surface area contributed by atoms with Gasteiger partial charge in [-0.05, 0) is 39.2 Å². The van der Waals surface area contributed by atoms with Crippen LogP contribution in [0, 0.1) is 0 Å². The summed E-state index contributed by atoms with van der Waals surface area (Å²) in [4.78, 5) is 54.6. The van der Waals surface area contributed by atoms with Gasteiger partial charge >= 0.3 is 18.2 Å². The van der Waals surface area contributed by atoms with E-state index in [-0.39, 0.29) is 32.5 Å². The highest BCUT2D eigenvalue weighted by atomic mass is 16.6. The van der Waals surface area contributed by atoms with Crippen molar-refractivity contribution in [3.63, 3.8) is 0 Å². The summed E-state index contributed by atoms with van der Waals surface area (Å²) in [6.45, 7) is 12.6. The summed E-state index contributed by atoms with van der Waals surface area (Å²) < 4.78 is 15.7. The lowest BCUT2D eigenvalue weighted by atomic mass is 10.0. The maximum absolute atomic E-state index is 13.7. The van der Waals surface area contributed by atoms with Gasteiger partial charge in [-0.25, -0.2) is 14.4 Å². The van der Waals surface area contributed by atoms with E-state index >= 15 is 0 Å². The number of piperazine rings is 1. The lowest BCUT2D eigenvalue weighted by Crippen LogP contribution is -2.66. The van der Waals surface area contributed by atoms with Gasteiger partial charge in [0.05, 0.1) is 19.7 Å². The molecule has 0 radical (unpaired) electrons. The van der Waals surface area contributed by atoms with E-state index in [4.69, 9.17) is 14.2 Å². The van der Waals surface area contributed by atoms with Gasteiger partial charge in [0.2, 0.25) is 5.91 Å². The predicted molar refractivity (Wildman–Crippen MR) is 137 cm³/mol. The van der Waals surface area contributed by atoms with E-state index in [1.54, 1.807) is 26.8 Å². The van der Waals surface area contributed by atoms with E-state index in [0.29, 0.717) is 0 Å². The summed E-state index contributed by atoms with van der Waals surface area (Å²) in [6.07, 6.45) is 2.09. The van der Waals surface area contributed by atoms with Gasteiger partial charge in [-0.1, -0.05) is 42.5 Å². The van der Waals surface area contributed by atoms with Gasteiger partial charge in [-0.2, -0.15) is 0 Å². The Morgan fingerprint density at radius 2 is 1.78 bits per heavy atom. The van der Waals surface area contributed by atoms with Crippen LogP contribution in [0.5, 0.6) is 0 Å². The van der Waals surface area contributed by atoms with Crippen LogP contribution in [-0.2, 0) is 30.4 Å². The fourth-order valence-electron chi connectivity index (χ4n) is 3.98. The van der Waals surface area contributed by atoms with Gasteiger partial charge in [0, 0.05) is 6.54 Å². The quantitative estimate of drug-likeness (QED) is 0.304. The smallest absolute Gasteiger partial charge is 0.410 e. The number of benzene rings is 1. The molecule has 1 aromatic carbocycles. The summed E-state index contributed by atoms with van der Waals surface area (Å²) in [5.74, 6) is -1.22. The first-order valence-electron chi connectivity index (χ1n) is 12.1. The molecule has 3 amide bonds. The van der Waals surface area contributed by atoms with Crippen molar-refractivity contribution in [3.8, 4) is 0 Å². The van der Waals surface area contributed by atoms with E-state index in [1.807, 2.05) is 30.3 Å². The third-order valence-electron chi connectivity index (χ3n) is 5.57. The predicted octanol–water partition coefficient (Wildman–Crippen LogP) is 3.42. The Labute approximate surface area is 218 Å². The van der Waals surface area contributed by atoms with Crippen LogP contribution < -0.4 is 5.32 Å². The molecule has 0 spiro atoms. The van der Waals surface area contributed by atoms with Crippen molar-refractivity contribution in [2.45, 2.75) is 63.9 Å². The number of rotatable bonds is 9. The van der Waals surface area contributed by atoms with Crippen molar-refractivity contribution in [2.24, 2.45) is 0 Å². The normalized spacial score (nSPS) is 18.3. The Morgan fingerprint density at radius 3 is 2.35 bits per heavy atom. The lowest BCUT2D eigenvalue weighted by molar-refractivity contribution is -0.160. The van der Waals surface area contributed by atoms with E-state index in [1.165, 1.54) is 23.0 Å². The summed E-state index contributed by atoms with van der Waals surface area (Å²) in [5, 5.41) is 2.58. The van der Waals surface area contributed by atoms with Crippen LogP contribution in [0.3, 0.4) is 0 Å². The molecule has 1 aliphatic heterocycles. The van der Waals surface area contributed by atoms with Gasteiger partial charge < -0.3 is 29.3 Å². The second kappa shape index (κ2) is 13.5. The Bertz CT molecular complexity index is 974. The standard InChI is InChI=1S/C27H37N3O7/c1-7-12-20-16-29(26(34)36-18-19-14-10-9-11-15-19)17-22(24(32)35-6)30(20)23(31)21(13-8-2)28-25(33)37-27(3,4)5/h7-11,14-15,20-22H,1-2,12-13,16-18H2,3-6H3,(H,28,33). The zero-order valence-corrected chi connectivity index (χ0v) is 22.0. The molecule has 1 aliphatic rings. The summed E-state index contributed by atoms with van der Waals surface area (Å²) in [6, 6.07) is 6.44. The molecular weight excluding hydrogens is 478 g/mol. The molecule has 1 fully saturated rings. The molecule has 1 N–H and O–H groups in total. The minimum atomic E-state index is -1.12. The Balaban J connectivity index is 2.28. The average molecular weight is 516 g/mol. The number of carbonyl (C=O) groups excluding carboxylic acids is 4. The molecule has 2 rings (SSSR count). The van der Waals surface area contributed by atoms with Crippen molar-refractivity contribution >= 4 is 24.1 Å². The minimum Gasteiger partial charge on any atom is -0.467 e. The first kappa shape index (κ1) is 29.4. The van der Waals surface area contributed by atoms with Crippen molar-refractivity contribution in [1.29, 1.82) is 0 Å². The fourth-order valence-corrected chi connectivity index (χ4v) is 3.98. The van der Waals surface area contributed by atoms with Crippen molar-refractivity contribution in [1.82, 2.24) is 15.1 Å². The zero-order valence-electron chi connectivity index (χ0n) is 22.0. The molecule has 202 valence electrons. The second-order valence-corrected chi connectivity index (χ2v) is 9.63. The maximum Gasteiger partial charge on any atom is 0.410 e. The molecule has 0 bridgehead atoms. The first-order chi connectivity index (χ1) is 17.5. The summed E-state index contributed by atoms with van der Waals surface area (Å²) >= 11 is 0. The second-order valence-electron chi connectivity index (χ2n) is 9.63. The molecule has 1 saturated heterocycles. The third-order valence-corrected chi connectivity index (χ3v) is 5.57. The third kappa shape index (κ3) is 8.66. The molecule has 3 atom stereocenters. The van der Waals surface area contributed by atoms with E-state index < -0.39 is 47.8 Å². The highest BCUT2D eigenvalue weighted by Crippen LogP contribution is 2.23. The summed E-state index contributed by atoms with van der Waals surface area (Å²) in [5.41, 5.74) is 0.0506. The summed E-state index contributed by atoms with van der Waals surface area (Å²) in [7, 11) is 1.21. The fraction of sp³-hybridized carbons (Fsp3) is 0.481. The Hall–Kier alpha value is -3.82. The Kier molecular flexibility index (Phi) is 10.7. The SMILES string of the molecule is C=CCC(NC(=O)OC(C)(C)C)C(=O)N1C(CC=C)CN(C(=O)OCc2ccccc2)CC1C(=O)OC. The van der Waals surface area contributed by atoms with Gasteiger partial charge in [-0.15, -0.1) is 13.2 Å². The van der Waals surface area contributed by atoms with E-state index in [0.717, 1.165) is 5.56 Å². The first-order valence-corrected chi connectivity index (χ1v) is 12.1. The minimum absolute atomic E-state index is 0.0645. The maximum atomic E-state index is 13.7. The molecule has 0 aliphatic carbocycles. The van der Waals surface area contributed by atoms with Crippen LogP contribution in [0.1, 0.15) is 39.2 Å². The number of carbonyl (C=O) groups is 4. The van der Waals surface area contributed by atoms with Crippen LogP contribution >= 0.6 is 0 Å². The van der Waals surface area contributed by atoms with Crippen LogP contribution in [0.2, 0.25) is 0 Å². The average Bonchev–Trinajstić information content (AvgIpc) is 2.85. The van der Waals surface area contributed by atoms with Gasteiger partial charge in [0.1, 0.15) is 24.3 Å². The molecule has 37 heavy (non-hydrogen) atoms. The molecule has 1 aromatic rings. The molecular formula is C27H37N3O7. The van der Waals surface area contributed by atoms with Crippen LogP contribution in [0.15, 0.2) is 55.6 Å². The van der Waals surface area contributed by atoms with Crippen molar-refractivity contribution < 1.29 is 33.4 Å². The zero-order chi connectivity index (χ0) is 27.6. The number of amides is 3. The molecule has 10 nitrogen and oxygen atoms in total. The van der Waals surface area contributed by atoms with Crippen LogP contribution in [-0.4, -0.2) is 77.8 Å². The molecule has 0 aromatic heterocycles. The topological polar surface area (TPSA) is 114 Å². The number of esters is 1. The van der Waals surface area contributed by atoms with Crippen molar-refractivity contribution in [3.05, 3.63) is 61.2 Å².